The van der Waals surface area contributed by atoms with Crippen molar-refractivity contribution in [3.05, 3.63) is 47.7 Å². The molecule has 1 aromatic rings. The molecule has 0 saturated carbocycles. The minimum atomic E-state index is -1.04. The van der Waals surface area contributed by atoms with E-state index in [0.717, 1.165) is 19.3 Å². The van der Waals surface area contributed by atoms with Crippen LogP contribution in [0.3, 0.4) is 0 Å². The molecule has 0 amide bonds. The number of Topliss-reactive ketones (excluding diaryl/α,β-unsaturated/α-hetero) is 1. The van der Waals surface area contributed by atoms with Gasteiger partial charge in [-0.05, 0) is 6.42 Å². The van der Waals surface area contributed by atoms with E-state index in [1.165, 1.54) is 6.08 Å². The van der Waals surface area contributed by atoms with E-state index in [0.29, 0.717) is 17.7 Å². The van der Waals surface area contributed by atoms with Crippen molar-refractivity contribution in [2.75, 3.05) is 0 Å². The molecule has 0 aliphatic carbocycles. The van der Waals surface area contributed by atoms with E-state index in [-0.39, 0.29) is 5.78 Å². The summed E-state index contributed by atoms with van der Waals surface area (Å²) < 4.78 is 10.9. The molecule has 0 N–H and O–H groups in total. The van der Waals surface area contributed by atoms with Crippen LogP contribution in [0.1, 0.15) is 56.8 Å². The molecule has 0 radical (unpaired) electrons. The second-order valence-electron chi connectivity index (χ2n) is 6.25. The van der Waals surface area contributed by atoms with E-state index in [1.54, 1.807) is 26.0 Å². The SMILES string of the molecule is CCCCCC(C(=O)c1ccccc1)C1=CC(=O)OC(C)(C)O1. The summed E-state index contributed by atoms with van der Waals surface area (Å²) >= 11 is 0. The van der Waals surface area contributed by atoms with Gasteiger partial charge in [0.1, 0.15) is 5.76 Å². The molecule has 4 heteroatoms. The first-order valence-electron chi connectivity index (χ1n) is 8.16. The van der Waals surface area contributed by atoms with Gasteiger partial charge in [0.05, 0.1) is 12.0 Å². The van der Waals surface area contributed by atoms with Crippen LogP contribution in [0, 0.1) is 5.92 Å². The molecule has 2 rings (SSSR count). The van der Waals surface area contributed by atoms with Gasteiger partial charge in [-0.3, -0.25) is 4.79 Å². The van der Waals surface area contributed by atoms with Crippen LogP contribution in [0.5, 0.6) is 0 Å². The second-order valence-corrected chi connectivity index (χ2v) is 6.25. The number of hydrogen-bond donors (Lipinski definition) is 0. The van der Waals surface area contributed by atoms with E-state index in [1.807, 2.05) is 18.2 Å². The summed E-state index contributed by atoms with van der Waals surface area (Å²) in [6.07, 6.45) is 4.99. The van der Waals surface area contributed by atoms with Crippen LogP contribution < -0.4 is 0 Å². The fourth-order valence-corrected chi connectivity index (χ4v) is 2.70. The molecule has 1 heterocycles. The van der Waals surface area contributed by atoms with Gasteiger partial charge in [0.15, 0.2) is 5.78 Å². The van der Waals surface area contributed by atoms with E-state index >= 15 is 0 Å². The lowest BCUT2D eigenvalue weighted by atomic mass is 9.90. The lowest BCUT2D eigenvalue weighted by molar-refractivity contribution is -0.207. The number of esters is 1. The first kappa shape index (κ1) is 17.3. The highest BCUT2D eigenvalue weighted by Gasteiger charge is 2.36. The van der Waals surface area contributed by atoms with Gasteiger partial charge in [-0.1, -0.05) is 56.5 Å². The van der Waals surface area contributed by atoms with Crippen LogP contribution in [0.15, 0.2) is 42.2 Å². The van der Waals surface area contributed by atoms with Crippen LogP contribution in [0.25, 0.3) is 0 Å². The number of cyclic esters (lactones) is 1. The fourth-order valence-electron chi connectivity index (χ4n) is 2.70. The van der Waals surface area contributed by atoms with Gasteiger partial charge >= 0.3 is 5.97 Å². The molecular formula is C19H24O4. The van der Waals surface area contributed by atoms with Crippen molar-refractivity contribution in [3.8, 4) is 0 Å². The first-order chi connectivity index (χ1) is 10.9. The highest BCUT2D eigenvalue weighted by atomic mass is 16.7. The maximum absolute atomic E-state index is 12.9. The molecule has 1 aliphatic heterocycles. The number of hydrogen-bond acceptors (Lipinski definition) is 4. The molecule has 0 fully saturated rings. The zero-order valence-electron chi connectivity index (χ0n) is 14.0. The largest absolute Gasteiger partial charge is 0.456 e. The average Bonchev–Trinajstić information content (AvgIpc) is 2.50. The molecule has 1 atom stereocenters. The Balaban J connectivity index is 2.27. The summed E-state index contributed by atoms with van der Waals surface area (Å²) in [4.78, 5) is 24.7. The molecule has 4 nitrogen and oxygen atoms in total. The molecule has 124 valence electrons. The van der Waals surface area contributed by atoms with Crippen LogP contribution in [-0.4, -0.2) is 17.5 Å². The van der Waals surface area contributed by atoms with E-state index in [9.17, 15) is 9.59 Å². The molecule has 1 unspecified atom stereocenters. The topological polar surface area (TPSA) is 52.6 Å². The molecule has 0 bridgehead atoms. The molecule has 0 aromatic heterocycles. The van der Waals surface area contributed by atoms with Crippen molar-refractivity contribution in [1.82, 2.24) is 0 Å². The van der Waals surface area contributed by atoms with Crippen molar-refractivity contribution in [2.24, 2.45) is 5.92 Å². The second kappa shape index (κ2) is 7.44. The Morgan fingerprint density at radius 3 is 2.43 bits per heavy atom. The zero-order chi connectivity index (χ0) is 16.9. The summed E-state index contributed by atoms with van der Waals surface area (Å²) in [5.41, 5.74) is 0.634. The Labute approximate surface area is 137 Å². The predicted octanol–water partition coefficient (Wildman–Crippen LogP) is 4.26. The maximum atomic E-state index is 12.9. The number of rotatable bonds is 7. The monoisotopic (exact) mass is 316 g/mol. The van der Waals surface area contributed by atoms with Gasteiger partial charge in [-0.2, -0.15) is 0 Å². The Morgan fingerprint density at radius 1 is 1.13 bits per heavy atom. The molecular weight excluding hydrogens is 292 g/mol. The Hall–Kier alpha value is -2.10. The minimum Gasteiger partial charge on any atom is -0.456 e. The van der Waals surface area contributed by atoms with Crippen molar-refractivity contribution in [2.45, 2.75) is 52.2 Å². The third-order valence-electron chi connectivity index (χ3n) is 3.78. The highest BCUT2D eigenvalue weighted by molar-refractivity contribution is 6.00. The summed E-state index contributed by atoms with van der Waals surface area (Å²) in [5.74, 6) is -1.55. The molecule has 0 saturated heterocycles. The summed E-state index contributed by atoms with van der Waals surface area (Å²) in [7, 11) is 0. The fraction of sp³-hybridized carbons (Fsp3) is 0.474. The van der Waals surface area contributed by atoms with Crippen molar-refractivity contribution < 1.29 is 19.1 Å². The van der Waals surface area contributed by atoms with Crippen LogP contribution in [-0.2, 0) is 14.3 Å². The standard InChI is InChI=1S/C19H24O4/c1-4-5-7-12-15(18(21)14-10-8-6-9-11-14)16-13-17(20)23-19(2,3)22-16/h6,8-11,13,15H,4-5,7,12H2,1-3H3. The lowest BCUT2D eigenvalue weighted by Gasteiger charge is -2.33. The quantitative estimate of drug-likeness (QED) is 0.428. The minimum absolute atomic E-state index is 0.0153. The van der Waals surface area contributed by atoms with E-state index in [2.05, 4.69) is 6.92 Å². The van der Waals surface area contributed by atoms with Gasteiger partial charge in [-0.25, -0.2) is 4.79 Å². The zero-order valence-corrected chi connectivity index (χ0v) is 14.0. The number of carbonyl (C=O) groups is 2. The van der Waals surface area contributed by atoms with Crippen molar-refractivity contribution in [1.29, 1.82) is 0 Å². The molecule has 1 aromatic carbocycles. The van der Waals surface area contributed by atoms with Crippen LogP contribution in [0.2, 0.25) is 0 Å². The predicted molar refractivity (Wildman–Crippen MR) is 87.7 cm³/mol. The summed E-state index contributed by atoms with van der Waals surface area (Å²) in [6.45, 7) is 5.47. The van der Waals surface area contributed by atoms with E-state index < -0.39 is 17.7 Å². The molecule has 1 aliphatic rings. The van der Waals surface area contributed by atoms with Gasteiger partial charge in [0.25, 0.3) is 0 Å². The number of ether oxygens (including phenoxy) is 2. The number of allylic oxidation sites excluding steroid dienone is 1. The normalized spacial score (nSPS) is 17.7. The Kier molecular flexibility index (Phi) is 5.59. The smallest absolute Gasteiger partial charge is 0.337 e. The summed E-state index contributed by atoms with van der Waals surface area (Å²) in [5, 5.41) is 0. The van der Waals surface area contributed by atoms with Gasteiger partial charge in [0.2, 0.25) is 5.79 Å². The van der Waals surface area contributed by atoms with E-state index in [4.69, 9.17) is 9.47 Å². The van der Waals surface area contributed by atoms with Gasteiger partial charge in [0, 0.05) is 19.4 Å². The first-order valence-corrected chi connectivity index (χ1v) is 8.16. The van der Waals surface area contributed by atoms with Gasteiger partial charge in [-0.15, -0.1) is 0 Å². The summed E-state index contributed by atoms with van der Waals surface area (Å²) in [6, 6.07) is 9.14. The maximum Gasteiger partial charge on any atom is 0.337 e. The van der Waals surface area contributed by atoms with Crippen molar-refractivity contribution >= 4 is 11.8 Å². The van der Waals surface area contributed by atoms with Crippen LogP contribution in [0.4, 0.5) is 0 Å². The Bertz CT molecular complexity index is 587. The van der Waals surface area contributed by atoms with Crippen LogP contribution >= 0.6 is 0 Å². The highest BCUT2D eigenvalue weighted by Crippen LogP contribution is 2.31. The number of unbranched alkanes of at least 4 members (excludes halogenated alkanes) is 2. The molecule has 0 spiro atoms. The number of carbonyl (C=O) groups excluding carboxylic acids is 2. The number of ketones is 1. The van der Waals surface area contributed by atoms with Crippen molar-refractivity contribution in [3.63, 3.8) is 0 Å². The number of benzene rings is 1. The third-order valence-corrected chi connectivity index (χ3v) is 3.78. The Morgan fingerprint density at radius 2 is 1.83 bits per heavy atom. The average molecular weight is 316 g/mol. The lowest BCUT2D eigenvalue weighted by Crippen LogP contribution is -2.37. The van der Waals surface area contributed by atoms with Gasteiger partial charge < -0.3 is 9.47 Å². The third kappa shape index (κ3) is 4.68. The molecule has 23 heavy (non-hydrogen) atoms.